The van der Waals surface area contributed by atoms with Gasteiger partial charge in [-0.15, -0.1) is 5.10 Å². The van der Waals surface area contributed by atoms with Gasteiger partial charge in [0.15, 0.2) is 5.65 Å². The summed E-state index contributed by atoms with van der Waals surface area (Å²) in [7, 11) is 0. The fourth-order valence-electron chi connectivity index (χ4n) is 0.989. The van der Waals surface area contributed by atoms with Gasteiger partial charge in [-0.3, -0.25) is 0 Å². The number of rotatable bonds is 0. The number of alkyl halides is 3. The first-order chi connectivity index (χ1) is 6.48. The highest BCUT2D eigenvalue weighted by Gasteiger charge is 2.37. The van der Waals surface area contributed by atoms with E-state index < -0.39 is 11.9 Å². The first kappa shape index (κ1) is 8.73. The molecular formula is C6H4F3N5. The number of fused-ring (bicyclic) bond motifs is 1. The lowest BCUT2D eigenvalue weighted by atomic mass is 10.4. The van der Waals surface area contributed by atoms with Crippen LogP contribution in [0.15, 0.2) is 12.4 Å². The first-order valence-corrected chi connectivity index (χ1v) is 3.52. The van der Waals surface area contributed by atoms with Crippen LogP contribution in [0, 0.1) is 0 Å². The zero-order chi connectivity index (χ0) is 10.3. The summed E-state index contributed by atoms with van der Waals surface area (Å²) < 4.78 is 37.7. The quantitative estimate of drug-likeness (QED) is 0.685. The number of nitrogen functional groups attached to an aromatic ring is 1. The first-order valence-electron chi connectivity index (χ1n) is 3.52. The number of hydrogen-bond donors (Lipinski definition) is 1. The van der Waals surface area contributed by atoms with Gasteiger partial charge >= 0.3 is 6.18 Å². The predicted octanol–water partition coefficient (Wildman–Crippen LogP) is 0.725. The lowest BCUT2D eigenvalue weighted by Gasteiger charge is -2.00. The second-order valence-corrected chi connectivity index (χ2v) is 2.59. The molecule has 0 aliphatic heterocycles. The molecule has 2 rings (SSSR count). The van der Waals surface area contributed by atoms with Gasteiger partial charge in [0.2, 0.25) is 5.69 Å². The molecule has 0 saturated heterocycles. The van der Waals surface area contributed by atoms with Crippen molar-refractivity contribution in [3.8, 4) is 0 Å². The molecule has 2 N–H and O–H groups in total. The van der Waals surface area contributed by atoms with Crippen LogP contribution < -0.4 is 5.73 Å². The molecule has 2 aromatic rings. The van der Waals surface area contributed by atoms with E-state index in [1.54, 1.807) is 0 Å². The number of anilines is 1. The van der Waals surface area contributed by atoms with Crippen molar-refractivity contribution in [3.05, 3.63) is 18.1 Å². The number of nitrogens with two attached hydrogens (primary N) is 1. The molecule has 14 heavy (non-hydrogen) atoms. The second kappa shape index (κ2) is 2.56. The average Bonchev–Trinajstić information content (AvgIpc) is 2.45. The molecule has 0 atom stereocenters. The summed E-state index contributed by atoms with van der Waals surface area (Å²) in [5, 5.41) is 6.23. The minimum atomic E-state index is -4.55. The van der Waals surface area contributed by atoms with Gasteiger partial charge in [-0.1, -0.05) is 5.21 Å². The van der Waals surface area contributed by atoms with Crippen LogP contribution in [0.4, 0.5) is 18.9 Å². The van der Waals surface area contributed by atoms with Crippen LogP contribution in [-0.4, -0.2) is 19.8 Å². The minimum absolute atomic E-state index is 0.219. The van der Waals surface area contributed by atoms with Crippen LogP contribution in [-0.2, 0) is 6.18 Å². The SMILES string of the molecule is Nc1cnc2c(C(F)(F)F)nnn2c1. The summed E-state index contributed by atoms with van der Waals surface area (Å²) in [6, 6.07) is 0. The molecule has 0 spiro atoms. The number of aromatic nitrogens is 4. The Morgan fingerprint density at radius 3 is 2.71 bits per heavy atom. The molecule has 0 aliphatic carbocycles. The smallest absolute Gasteiger partial charge is 0.396 e. The van der Waals surface area contributed by atoms with E-state index in [1.165, 1.54) is 6.20 Å². The van der Waals surface area contributed by atoms with Gasteiger partial charge in [0.05, 0.1) is 18.1 Å². The molecule has 74 valence electrons. The summed E-state index contributed by atoms with van der Waals surface area (Å²) in [4.78, 5) is 3.50. The Morgan fingerprint density at radius 1 is 1.36 bits per heavy atom. The van der Waals surface area contributed by atoms with Gasteiger partial charge in [-0.2, -0.15) is 17.7 Å². The average molecular weight is 203 g/mol. The third kappa shape index (κ3) is 1.24. The fraction of sp³-hybridized carbons (Fsp3) is 0.167. The number of hydrogen-bond acceptors (Lipinski definition) is 4. The van der Waals surface area contributed by atoms with Crippen LogP contribution in [0.5, 0.6) is 0 Å². The van der Waals surface area contributed by atoms with E-state index in [1.807, 2.05) is 0 Å². The summed E-state index contributed by atoms with van der Waals surface area (Å²) in [5.74, 6) is 0. The van der Waals surface area contributed by atoms with E-state index in [4.69, 9.17) is 5.73 Å². The van der Waals surface area contributed by atoms with E-state index in [0.717, 1.165) is 10.7 Å². The molecule has 0 aliphatic rings. The molecule has 0 aromatic carbocycles. The summed E-state index contributed by atoms with van der Waals surface area (Å²) in [6.07, 6.45) is -2.22. The Morgan fingerprint density at radius 2 is 2.07 bits per heavy atom. The monoisotopic (exact) mass is 203 g/mol. The summed E-state index contributed by atoms with van der Waals surface area (Å²) >= 11 is 0. The van der Waals surface area contributed by atoms with Crippen molar-refractivity contribution in [2.45, 2.75) is 6.18 Å². The highest BCUT2D eigenvalue weighted by atomic mass is 19.4. The van der Waals surface area contributed by atoms with Crippen molar-refractivity contribution in [2.75, 3.05) is 5.73 Å². The lowest BCUT2D eigenvalue weighted by molar-refractivity contribution is -0.140. The number of halogens is 3. The molecule has 5 nitrogen and oxygen atoms in total. The molecular weight excluding hydrogens is 199 g/mol. The van der Waals surface area contributed by atoms with Crippen molar-refractivity contribution in [3.63, 3.8) is 0 Å². The zero-order valence-corrected chi connectivity index (χ0v) is 6.65. The van der Waals surface area contributed by atoms with Gasteiger partial charge < -0.3 is 5.73 Å². The van der Waals surface area contributed by atoms with Crippen molar-refractivity contribution < 1.29 is 13.2 Å². The van der Waals surface area contributed by atoms with Crippen LogP contribution in [0.25, 0.3) is 5.65 Å². The van der Waals surface area contributed by atoms with Gasteiger partial charge in [-0.25, -0.2) is 4.98 Å². The van der Waals surface area contributed by atoms with Crippen LogP contribution in [0.3, 0.4) is 0 Å². The lowest BCUT2D eigenvalue weighted by Crippen LogP contribution is -2.07. The van der Waals surface area contributed by atoms with E-state index in [-0.39, 0.29) is 11.3 Å². The molecule has 2 heterocycles. The largest absolute Gasteiger partial charge is 0.439 e. The van der Waals surface area contributed by atoms with Crippen LogP contribution in [0.2, 0.25) is 0 Å². The van der Waals surface area contributed by atoms with E-state index in [0.29, 0.717) is 0 Å². The standard InChI is InChI=1S/C6H4F3N5/c7-6(8,9)4-5-11-1-3(10)2-14(5)13-12-4/h1-2H,10H2. The second-order valence-electron chi connectivity index (χ2n) is 2.59. The van der Waals surface area contributed by atoms with E-state index in [2.05, 4.69) is 15.3 Å². The highest BCUT2D eigenvalue weighted by molar-refractivity contribution is 5.47. The molecule has 0 amide bonds. The van der Waals surface area contributed by atoms with Gasteiger partial charge in [-0.05, 0) is 0 Å². The number of nitrogens with zero attached hydrogens (tertiary/aromatic N) is 4. The third-order valence-corrected chi connectivity index (χ3v) is 1.55. The zero-order valence-electron chi connectivity index (χ0n) is 6.65. The Balaban J connectivity index is 2.70. The van der Waals surface area contributed by atoms with Crippen molar-refractivity contribution in [1.29, 1.82) is 0 Å². The maximum atomic E-state index is 12.3. The Bertz CT molecular complexity index is 474. The van der Waals surface area contributed by atoms with E-state index in [9.17, 15) is 13.2 Å². The Kier molecular flexibility index (Phi) is 1.60. The molecule has 0 saturated carbocycles. The highest BCUT2D eigenvalue weighted by Crippen LogP contribution is 2.29. The molecule has 0 bridgehead atoms. The van der Waals surface area contributed by atoms with Crippen molar-refractivity contribution in [2.24, 2.45) is 0 Å². The third-order valence-electron chi connectivity index (χ3n) is 1.55. The summed E-state index contributed by atoms with van der Waals surface area (Å²) in [6.45, 7) is 0. The van der Waals surface area contributed by atoms with Crippen molar-refractivity contribution in [1.82, 2.24) is 19.8 Å². The Labute approximate surface area is 75.3 Å². The summed E-state index contributed by atoms with van der Waals surface area (Å²) in [5.41, 5.74) is 4.06. The van der Waals surface area contributed by atoms with Crippen molar-refractivity contribution >= 4 is 11.3 Å². The topological polar surface area (TPSA) is 69.1 Å². The fourth-order valence-corrected chi connectivity index (χ4v) is 0.989. The van der Waals surface area contributed by atoms with Gasteiger partial charge in [0.1, 0.15) is 0 Å². The minimum Gasteiger partial charge on any atom is -0.396 e. The normalized spacial score (nSPS) is 12.2. The van der Waals surface area contributed by atoms with Gasteiger partial charge in [0, 0.05) is 0 Å². The molecule has 0 unspecified atom stereocenters. The predicted molar refractivity (Wildman–Crippen MR) is 40.2 cm³/mol. The van der Waals surface area contributed by atoms with Gasteiger partial charge in [0.25, 0.3) is 0 Å². The molecule has 0 fully saturated rings. The van der Waals surface area contributed by atoms with Crippen LogP contribution in [0.1, 0.15) is 5.69 Å². The van der Waals surface area contributed by atoms with Crippen LogP contribution >= 0.6 is 0 Å². The maximum absolute atomic E-state index is 12.3. The maximum Gasteiger partial charge on any atom is 0.439 e. The molecule has 2 aromatic heterocycles. The molecule has 8 heteroatoms. The Hall–Kier alpha value is -1.86. The molecule has 0 radical (unpaired) electrons. The van der Waals surface area contributed by atoms with E-state index >= 15 is 0 Å².